The standard InChI is InChI=1S/C30H41N3O11P2/c1-19(34)32-26(14-20-9-11-22(12-10-20)44-46(40,41)18-45(37,38)39)30(36)33-25-8-5-13-42-27-16-28(24(29(31)35)15-23(25)27)43-17-21-6-3-2-4-7-21/h9-12,15-16,21,25-26H,2-8,13-14,17-18H2,1H3,(H2,31,35)(H,32,34)(H,33,36)(H,40,41)(H2,37,38,39)/t25-,26-/m0/s1. The first-order chi connectivity index (χ1) is 21.7. The highest BCUT2D eigenvalue weighted by Gasteiger charge is 2.33. The number of primary amides is 1. The summed E-state index contributed by atoms with van der Waals surface area (Å²) >= 11 is 0. The van der Waals surface area contributed by atoms with E-state index < -0.39 is 50.9 Å². The third-order valence-electron chi connectivity index (χ3n) is 7.83. The molecule has 3 amide bonds. The number of hydrogen-bond donors (Lipinski definition) is 6. The topological polar surface area (TPSA) is 224 Å². The van der Waals surface area contributed by atoms with Crippen molar-refractivity contribution in [2.45, 2.75) is 70.4 Å². The van der Waals surface area contributed by atoms with Gasteiger partial charge in [0.05, 0.1) is 24.8 Å². The van der Waals surface area contributed by atoms with Crippen LogP contribution in [-0.2, 0) is 25.1 Å². The van der Waals surface area contributed by atoms with Gasteiger partial charge < -0.3 is 45.0 Å². The van der Waals surface area contributed by atoms with Gasteiger partial charge in [-0.3, -0.25) is 18.9 Å². The first-order valence-electron chi connectivity index (χ1n) is 15.1. The first-order valence-corrected chi connectivity index (χ1v) is 18.7. The smallest absolute Gasteiger partial charge is 0.388 e. The maximum absolute atomic E-state index is 13.6. The fourth-order valence-electron chi connectivity index (χ4n) is 5.70. The van der Waals surface area contributed by atoms with Crippen molar-refractivity contribution in [1.82, 2.24) is 10.6 Å². The second-order valence-corrected chi connectivity index (χ2v) is 15.7. The van der Waals surface area contributed by atoms with Crippen molar-refractivity contribution in [3.05, 3.63) is 53.1 Å². The Hall–Kier alpha value is -3.41. The normalized spacial score (nSPS) is 18.9. The van der Waals surface area contributed by atoms with Crippen molar-refractivity contribution in [3.8, 4) is 17.2 Å². The number of amides is 3. The van der Waals surface area contributed by atoms with Crippen molar-refractivity contribution in [2.24, 2.45) is 11.7 Å². The molecule has 1 aliphatic carbocycles. The lowest BCUT2D eigenvalue weighted by Gasteiger charge is -2.25. The maximum atomic E-state index is 13.6. The van der Waals surface area contributed by atoms with Crippen LogP contribution in [0, 0.1) is 5.92 Å². The highest BCUT2D eigenvalue weighted by Crippen LogP contribution is 2.55. The van der Waals surface area contributed by atoms with Crippen LogP contribution in [0.4, 0.5) is 0 Å². The molecule has 1 fully saturated rings. The van der Waals surface area contributed by atoms with Gasteiger partial charge in [-0.1, -0.05) is 31.4 Å². The second-order valence-electron chi connectivity index (χ2n) is 11.8. The van der Waals surface area contributed by atoms with Crippen LogP contribution in [0.1, 0.15) is 79.4 Å². The average Bonchev–Trinajstić information content (AvgIpc) is 3.16. The average molecular weight is 682 g/mol. The molecule has 0 aromatic heterocycles. The van der Waals surface area contributed by atoms with Crippen molar-refractivity contribution in [3.63, 3.8) is 0 Å². The summed E-state index contributed by atoms with van der Waals surface area (Å²) in [6, 6.07) is 7.32. The largest absolute Gasteiger partial charge is 0.493 e. The molecule has 0 saturated heterocycles. The van der Waals surface area contributed by atoms with Gasteiger partial charge in [-0.05, 0) is 55.4 Å². The molecule has 0 bridgehead atoms. The molecule has 0 radical (unpaired) electrons. The molecule has 1 heterocycles. The van der Waals surface area contributed by atoms with Crippen molar-refractivity contribution < 1.29 is 52.2 Å². The van der Waals surface area contributed by atoms with E-state index in [9.17, 15) is 28.4 Å². The summed E-state index contributed by atoms with van der Waals surface area (Å²) in [5.74, 6) is -1.83. The first kappa shape index (κ1) is 35.4. The molecule has 2 aliphatic rings. The van der Waals surface area contributed by atoms with Crippen molar-refractivity contribution >= 4 is 32.9 Å². The number of fused-ring (bicyclic) bond motifs is 1. The number of ether oxygens (including phenoxy) is 2. The van der Waals surface area contributed by atoms with E-state index in [4.69, 9.17) is 29.5 Å². The van der Waals surface area contributed by atoms with Gasteiger partial charge in [-0.15, -0.1) is 0 Å². The zero-order chi connectivity index (χ0) is 33.5. The van der Waals surface area contributed by atoms with Gasteiger partial charge in [0.1, 0.15) is 23.3 Å². The Bertz CT molecular complexity index is 1510. The van der Waals surface area contributed by atoms with Gasteiger partial charge in [0, 0.05) is 25.0 Å². The molecule has 1 unspecified atom stereocenters. The summed E-state index contributed by atoms with van der Waals surface area (Å²) in [6.45, 7) is 2.13. The van der Waals surface area contributed by atoms with Crippen molar-refractivity contribution in [2.75, 3.05) is 19.1 Å². The van der Waals surface area contributed by atoms with Crippen LogP contribution in [-0.4, -0.2) is 57.6 Å². The van der Waals surface area contributed by atoms with Gasteiger partial charge in [-0.2, -0.15) is 0 Å². The zero-order valence-electron chi connectivity index (χ0n) is 25.6. The minimum absolute atomic E-state index is 0.0432. The monoisotopic (exact) mass is 681 g/mol. The van der Waals surface area contributed by atoms with E-state index in [1.54, 1.807) is 12.1 Å². The molecule has 2 aromatic rings. The Balaban J connectivity index is 1.49. The van der Waals surface area contributed by atoms with Crippen LogP contribution in [0.2, 0.25) is 0 Å². The highest BCUT2D eigenvalue weighted by atomic mass is 31.2. The molecule has 1 aliphatic heterocycles. The molecule has 0 spiro atoms. The van der Waals surface area contributed by atoms with Gasteiger partial charge in [0.15, 0.2) is 5.90 Å². The highest BCUT2D eigenvalue weighted by molar-refractivity contribution is 7.70. The quantitative estimate of drug-likeness (QED) is 0.168. The summed E-state index contributed by atoms with van der Waals surface area (Å²) in [4.78, 5) is 65.8. The maximum Gasteiger partial charge on any atom is 0.388 e. The fraction of sp³-hybridized carbons (Fsp3) is 0.500. The minimum Gasteiger partial charge on any atom is -0.493 e. The third-order valence-corrected chi connectivity index (χ3v) is 11.2. The van der Waals surface area contributed by atoms with E-state index >= 15 is 0 Å². The Morgan fingerprint density at radius 3 is 2.35 bits per heavy atom. The van der Waals surface area contributed by atoms with Gasteiger partial charge in [-0.25, -0.2) is 4.57 Å². The molecule has 3 atom stereocenters. The van der Waals surface area contributed by atoms with E-state index in [1.165, 1.54) is 37.6 Å². The number of rotatable bonds is 13. The zero-order valence-corrected chi connectivity index (χ0v) is 27.3. The fourth-order valence-corrected chi connectivity index (χ4v) is 8.24. The number of hydrogen-bond acceptors (Lipinski definition) is 8. The Morgan fingerprint density at radius 2 is 1.72 bits per heavy atom. The predicted octanol–water partition coefficient (Wildman–Crippen LogP) is 3.52. The Labute approximate surface area is 267 Å². The van der Waals surface area contributed by atoms with Crippen LogP contribution >= 0.6 is 15.2 Å². The Kier molecular flexibility index (Phi) is 11.9. The van der Waals surface area contributed by atoms with Crippen molar-refractivity contribution in [1.29, 1.82) is 0 Å². The summed E-state index contributed by atoms with van der Waals surface area (Å²) in [5, 5.41) is 5.62. The molecule has 4 rings (SSSR count). The molecule has 1 saturated carbocycles. The second kappa shape index (κ2) is 15.5. The lowest BCUT2D eigenvalue weighted by Crippen LogP contribution is -2.48. The molecule has 16 heteroatoms. The van der Waals surface area contributed by atoms with Crippen LogP contribution in [0.3, 0.4) is 0 Å². The predicted molar refractivity (Wildman–Crippen MR) is 168 cm³/mol. The number of nitrogens with one attached hydrogen (secondary N) is 2. The van der Waals surface area contributed by atoms with E-state index in [0.29, 0.717) is 54.6 Å². The molecule has 2 aromatic carbocycles. The molecular formula is C30H41N3O11P2. The molecule has 46 heavy (non-hydrogen) atoms. The van der Waals surface area contributed by atoms with E-state index in [0.717, 1.165) is 25.7 Å². The van der Waals surface area contributed by atoms with E-state index in [-0.39, 0.29) is 17.7 Å². The van der Waals surface area contributed by atoms with Crippen LogP contribution in [0.5, 0.6) is 17.2 Å². The minimum atomic E-state index is -4.79. The Morgan fingerprint density at radius 1 is 1.02 bits per heavy atom. The third kappa shape index (κ3) is 10.6. The van der Waals surface area contributed by atoms with Crippen LogP contribution in [0.25, 0.3) is 0 Å². The lowest BCUT2D eigenvalue weighted by atomic mass is 9.90. The van der Waals surface area contributed by atoms with Crippen LogP contribution < -0.4 is 30.4 Å². The summed E-state index contributed by atoms with van der Waals surface area (Å²) in [6.07, 6.45) is 6.80. The summed E-state index contributed by atoms with van der Waals surface area (Å²) in [7, 11) is -9.41. The molecule has 14 nitrogen and oxygen atoms in total. The molecule has 7 N–H and O–H groups in total. The summed E-state index contributed by atoms with van der Waals surface area (Å²) in [5.41, 5.74) is 7.05. The van der Waals surface area contributed by atoms with Crippen LogP contribution in [0.15, 0.2) is 36.4 Å². The van der Waals surface area contributed by atoms with E-state index in [1.807, 2.05) is 0 Å². The number of nitrogens with two attached hydrogens (primary N) is 1. The summed E-state index contributed by atoms with van der Waals surface area (Å²) < 4.78 is 40.1. The molecule has 252 valence electrons. The number of benzene rings is 2. The lowest BCUT2D eigenvalue weighted by molar-refractivity contribution is -0.128. The van der Waals surface area contributed by atoms with Gasteiger partial charge in [0.25, 0.3) is 5.91 Å². The number of carbonyl (C=O) groups excluding carboxylic acids is 3. The van der Waals surface area contributed by atoms with E-state index in [2.05, 4.69) is 10.6 Å². The van der Waals surface area contributed by atoms with Gasteiger partial charge in [0.2, 0.25) is 11.8 Å². The van der Waals surface area contributed by atoms with Gasteiger partial charge >= 0.3 is 15.2 Å². The number of carbonyl (C=O) groups is 3. The molecular weight excluding hydrogens is 640 g/mol. The SMILES string of the molecule is CC(=O)N[C@@H](Cc1ccc(OP(=O)(O)CP(=O)(O)O)cc1)C(=O)N[C@H]1CCCOc2cc(OCC3CCCCC3)c(C(N)=O)cc21.